The Bertz CT molecular complexity index is 587. The van der Waals surface area contributed by atoms with Crippen molar-refractivity contribution in [1.82, 2.24) is 9.78 Å². The summed E-state index contributed by atoms with van der Waals surface area (Å²) < 4.78 is 7.88. The molecule has 0 spiro atoms. The van der Waals surface area contributed by atoms with Crippen molar-refractivity contribution in [2.75, 3.05) is 0 Å². The number of benzene rings is 1. The van der Waals surface area contributed by atoms with Gasteiger partial charge < -0.3 is 10.5 Å². The van der Waals surface area contributed by atoms with E-state index in [1.165, 1.54) is 0 Å². The molecule has 0 aliphatic carbocycles. The number of aromatic nitrogens is 2. The Hall–Kier alpha value is -1.81. The van der Waals surface area contributed by atoms with Gasteiger partial charge in [0.05, 0.1) is 11.4 Å². The predicted molar refractivity (Wildman–Crippen MR) is 80.8 cm³/mol. The van der Waals surface area contributed by atoms with Gasteiger partial charge >= 0.3 is 0 Å². The maximum Gasteiger partial charge on any atom is 0.130 e. The van der Waals surface area contributed by atoms with E-state index >= 15 is 0 Å². The first-order valence-corrected chi connectivity index (χ1v) is 7.03. The van der Waals surface area contributed by atoms with E-state index in [1.807, 2.05) is 37.6 Å². The van der Waals surface area contributed by atoms with Crippen LogP contribution in [0.1, 0.15) is 42.4 Å². The zero-order chi connectivity index (χ0) is 14.7. The van der Waals surface area contributed by atoms with Crippen LogP contribution < -0.4 is 10.5 Å². The largest absolute Gasteiger partial charge is 0.487 e. The standard InChI is InChI=1S/C16H23N3O/c1-5-19-15(9-12(3)18-19)10-20-16-7-6-14(13(4)17)8-11(16)2/h6-9,13H,5,10,17H2,1-4H3/t13-/m0/s1. The number of hydrogen-bond acceptors (Lipinski definition) is 3. The number of ether oxygens (including phenoxy) is 1. The Labute approximate surface area is 120 Å². The van der Waals surface area contributed by atoms with Crippen LogP contribution in [-0.2, 0) is 13.2 Å². The van der Waals surface area contributed by atoms with Crippen molar-refractivity contribution in [3.05, 3.63) is 46.8 Å². The summed E-state index contributed by atoms with van der Waals surface area (Å²) in [6.45, 7) is 9.50. The van der Waals surface area contributed by atoms with Crippen LogP contribution in [0.5, 0.6) is 5.75 Å². The molecule has 2 aromatic rings. The number of rotatable bonds is 5. The molecule has 0 saturated heterocycles. The Morgan fingerprint density at radius 1 is 1.30 bits per heavy atom. The van der Waals surface area contributed by atoms with Crippen LogP contribution in [0.4, 0.5) is 0 Å². The average Bonchev–Trinajstić information content (AvgIpc) is 2.77. The van der Waals surface area contributed by atoms with Crippen molar-refractivity contribution in [1.29, 1.82) is 0 Å². The lowest BCUT2D eigenvalue weighted by Gasteiger charge is -2.12. The van der Waals surface area contributed by atoms with Crippen LogP contribution in [0.25, 0.3) is 0 Å². The summed E-state index contributed by atoms with van der Waals surface area (Å²) >= 11 is 0. The molecule has 0 amide bonds. The summed E-state index contributed by atoms with van der Waals surface area (Å²) in [6.07, 6.45) is 0. The topological polar surface area (TPSA) is 53.1 Å². The number of nitrogens with two attached hydrogens (primary N) is 1. The number of hydrogen-bond donors (Lipinski definition) is 1. The van der Waals surface area contributed by atoms with E-state index in [4.69, 9.17) is 10.5 Å². The number of aryl methyl sites for hydroxylation is 3. The number of nitrogens with zero attached hydrogens (tertiary/aromatic N) is 2. The van der Waals surface area contributed by atoms with E-state index in [2.05, 4.69) is 24.2 Å². The molecule has 4 nitrogen and oxygen atoms in total. The summed E-state index contributed by atoms with van der Waals surface area (Å²) in [5, 5.41) is 4.42. The molecule has 1 aromatic carbocycles. The van der Waals surface area contributed by atoms with Crippen LogP contribution >= 0.6 is 0 Å². The maximum atomic E-state index is 5.91. The fraction of sp³-hybridized carbons (Fsp3) is 0.438. The summed E-state index contributed by atoms with van der Waals surface area (Å²) in [4.78, 5) is 0. The third kappa shape index (κ3) is 3.20. The van der Waals surface area contributed by atoms with Crippen LogP contribution in [-0.4, -0.2) is 9.78 Å². The fourth-order valence-corrected chi connectivity index (χ4v) is 2.26. The minimum absolute atomic E-state index is 0.0481. The van der Waals surface area contributed by atoms with Crippen molar-refractivity contribution in [2.45, 2.75) is 46.9 Å². The molecule has 0 radical (unpaired) electrons. The van der Waals surface area contributed by atoms with Gasteiger partial charge in [-0.25, -0.2) is 0 Å². The zero-order valence-electron chi connectivity index (χ0n) is 12.7. The molecular formula is C16H23N3O. The van der Waals surface area contributed by atoms with E-state index in [0.717, 1.165) is 34.8 Å². The highest BCUT2D eigenvalue weighted by Gasteiger charge is 2.07. The fourth-order valence-electron chi connectivity index (χ4n) is 2.26. The Balaban J connectivity index is 2.10. The van der Waals surface area contributed by atoms with Gasteiger partial charge in [-0.3, -0.25) is 4.68 Å². The summed E-state index contributed by atoms with van der Waals surface area (Å²) in [7, 11) is 0. The van der Waals surface area contributed by atoms with E-state index in [9.17, 15) is 0 Å². The first kappa shape index (κ1) is 14.6. The van der Waals surface area contributed by atoms with Gasteiger partial charge in [-0.2, -0.15) is 5.10 Å². The second-order valence-corrected chi connectivity index (χ2v) is 5.20. The SMILES string of the molecule is CCn1nc(C)cc1COc1ccc([C@H](C)N)cc1C. The van der Waals surface area contributed by atoms with E-state index in [0.29, 0.717) is 6.61 Å². The smallest absolute Gasteiger partial charge is 0.130 e. The molecule has 0 fully saturated rings. The molecular weight excluding hydrogens is 250 g/mol. The van der Waals surface area contributed by atoms with Crippen molar-refractivity contribution in [2.24, 2.45) is 5.73 Å². The quantitative estimate of drug-likeness (QED) is 0.910. The highest BCUT2D eigenvalue weighted by Crippen LogP contribution is 2.23. The van der Waals surface area contributed by atoms with Gasteiger partial charge in [0.2, 0.25) is 0 Å². The molecule has 0 unspecified atom stereocenters. The molecule has 4 heteroatoms. The Morgan fingerprint density at radius 2 is 2.05 bits per heavy atom. The molecule has 1 atom stereocenters. The molecule has 2 rings (SSSR count). The monoisotopic (exact) mass is 273 g/mol. The van der Waals surface area contributed by atoms with E-state index < -0.39 is 0 Å². The van der Waals surface area contributed by atoms with E-state index in [1.54, 1.807) is 0 Å². The molecule has 1 heterocycles. The lowest BCUT2D eigenvalue weighted by Crippen LogP contribution is -2.08. The lowest BCUT2D eigenvalue weighted by atomic mass is 10.1. The van der Waals surface area contributed by atoms with Gasteiger partial charge in [-0.05, 0) is 51.0 Å². The normalized spacial score (nSPS) is 12.4. The van der Waals surface area contributed by atoms with Crippen LogP contribution in [0.3, 0.4) is 0 Å². The van der Waals surface area contributed by atoms with Crippen molar-refractivity contribution < 1.29 is 4.74 Å². The molecule has 0 bridgehead atoms. The Morgan fingerprint density at radius 3 is 2.65 bits per heavy atom. The first-order valence-electron chi connectivity index (χ1n) is 7.03. The highest BCUT2D eigenvalue weighted by molar-refractivity contribution is 5.37. The maximum absolute atomic E-state index is 5.91. The Kier molecular flexibility index (Phi) is 4.45. The second-order valence-electron chi connectivity index (χ2n) is 5.20. The zero-order valence-corrected chi connectivity index (χ0v) is 12.7. The lowest BCUT2D eigenvalue weighted by molar-refractivity contribution is 0.290. The first-order chi connectivity index (χ1) is 9.51. The molecule has 2 N–H and O–H groups in total. The molecule has 0 saturated carbocycles. The van der Waals surface area contributed by atoms with Gasteiger partial charge in [0.1, 0.15) is 12.4 Å². The van der Waals surface area contributed by atoms with Gasteiger partial charge in [-0.15, -0.1) is 0 Å². The molecule has 0 aliphatic rings. The summed E-state index contributed by atoms with van der Waals surface area (Å²) in [5.41, 5.74) is 10.2. The van der Waals surface area contributed by atoms with E-state index in [-0.39, 0.29) is 6.04 Å². The van der Waals surface area contributed by atoms with Crippen molar-refractivity contribution in [3.63, 3.8) is 0 Å². The average molecular weight is 273 g/mol. The second kappa shape index (κ2) is 6.09. The highest BCUT2D eigenvalue weighted by atomic mass is 16.5. The third-order valence-electron chi connectivity index (χ3n) is 3.39. The van der Waals surface area contributed by atoms with Gasteiger partial charge in [0.25, 0.3) is 0 Å². The minimum atomic E-state index is 0.0481. The third-order valence-corrected chi connectivity index (χ3v) is 3.39. The van der Waals surface area contributed by atoms with Crippen molar-refractivity contribution in [3.8, 4) is 5.75 Å². The molecule has 108 valence electrons. The van der Waals surface area contributed by atoms with Crippen LogP contribution in [0.15, 0.2) is 24.3 Å². The van der Waals surface area contributed by atoms with Gasteiger partial charge in [-0.1, -0.05) is 12.1 Å². The van der Waals surface area contributed by atoms with Crippen LogP contribution in [0, 0.1) is 13.8 Å². The van der Waals surface area contributed by atoms with Gasteiger partial charge in [0, 0.05) is 12.6 Å². The van der Waals surface area contributed by atoms with Gasteiger partial charge in [0.15, 0.2) is 0 Å². The predicted octanol–water partition coefficient (Wildman–Crippen LogP) is 3.12. The van der Waals surface area contributed by atoms with Crippen molar-refractivity contribution >= 4 is 0 Å². The molecule has 20 heavy (non-hydrogen) atoms. The molecule has 0 aliphatic heterocycles. The molecule has 1 aromatic heterocycles. The summed E-state index contributed by atoms with van der Waals surface area (Å²) in [5.74, 6) is 0.899. The van der Waals surface area contributed by atoms with Crippen LogP contribution in [0.2, 0.25) is 0 Å². The minimum Gasteiger partial charge on any atom is -0.487 e. The summed E-state index contributed by atoms with van der Waals surface area (Å²) in [6, 6.07) is 8.22.